The lowest BCUT2D eigenvalue weighted by atomic mass is 9.92. The van der Waals surface area contributed by atoms with Crippen LogP contribution in [0.2, 0.25) is 0 Å². The topological polar surface area (TPSA) is 57.6 Å². The van der Waals surface area contributed by atoms with Gasteiger partial charge in [0.25, 0.3) is 5.91 Å². The third kappa shape index (κ3) is 4.92. The van der Waals surface area contributed by atoms with Gasteiger partial charge in [-0.2, -0.15) is 0 Å². The molecule has 1 N–H and O–H groups in total. The molecule has 2 aromatic rings. The fourth-order valence-electron chi connectivity index (χ4n) is 3.52. The Morgan fingerprint density at radius 2 is 1.74 bits per heavy atom. The molecule has 0 spiro atoms. The van der Waals surface area contributed by atoms with Crippen LogP contribution in [-0.4, -0.2) is 40.2 Å². The predicted molar refractivity (Wildman–Crippen MR) is 108 cm³/mol. The number of rotatable bonds is 5. The Hall–Kier alpha value is -2.27. The number of carboxylic acid groups (broad SMARTS) is 1. The Morgan fingerprint density at radius 3 is 2.48 bits per heavy atom. The van der Waals surface area contributed by atoms with Gasteiger partial charge in [-0.25, -0.2) is 0 Å². The number of hydrogen-bond donors (Lipinski definition) is 1. The van der Waals surface area contributed by atoms with Gasteiger partial charge < -0.3 is 10.0 Å². The molecule has 0 saturated carbocycles. The smallest absolute Gasteiger partial charge is 0.316 e. The molecule has 142 valence electrons. The van der Waals surface area contributed by atoms with Crippen LogP contribution >= 0.6 is 11.8 Å². The zero-order valence-electron chi connectivity index (χ0n) is 15.5. The van der Waals surface area contributed by atoms with Gasteiger partial charge in [0.2, 0.25) is 0 Å². The molecule has 1 amide bonds. The van der Waals surface area contributed by atoms with Crippen molar-refractivity contribution >= 4 is 23.6 Å². The number of hydrogen-bond acceptors (Lipinski definition) is 3. The van der Waals surface area contributed by atoms with E-state index in [0.717, 1.165) is 37.2 Å². The minimum absolute atomic E-state index is 0.00407. The summed E-state index contributed by atoms with van der Waals surface area (Å²) in [6, 6.07) is 17.8. The maximum Gasteiger partial charge on any atom is 0.316 e. The summed E-state index contributed by atoms with van der Waals surface area (Å²) < 4.78 is 0. The molecular weight excluding hydrogens is 358 g/mol. The summed E-state index contributed by atoms with van der Waals surface area (Å²) in [6.45, 7) is 3.12. The van der Waals surface area contributed by atoms with Crippen molar-refractivity contribution in [2.45, 2.75) is 42.2 Å². The van der Waals surface area contributed by atoms with E-state index >= 15 is 0 Å². The standard InChI is InChI=1S/C22H25NO3S/c1-16(22(25)26)27-20-12-6-5-11-19(20)21(24)23-14-7-10-18(13-15-23)17-8-3-2-4-9-17/h2-6,8-9,11-12,16,18H,7,10,13-15H2,1H3,(H,25,26). The maximum atomic E-state index is 13.1. The molecule has 0 bridgehead atoms. The monoisotopic (exact) mass is 383 g/mol. The van der Waals surface area contributed by atoms with Crippen LogP contribution in [0.15, 0.2) is 59.5 Å². The van der Waals surface area contributed by atoms with Gasteiger partial charge in [-0.1, -0.05) is 42.5 Å². The average molecular weight is 384 g/mol. The van der Waals surface area contributed by atoms with Crippen LogP contribution in [0.1, 0.15) is 48.0 Å². The molecule has 0 radical (unpaired) electrons. The van der Waals surface area contributed by atoms with Gasteiger partial charge in [0.15, 0.2) is 0 Å². The first-order valence-electron chi connectivity index (χ1n) is 9.39. The second-order valence-electron chi connectivity index (χ2n) is 6.93. The molecule has 4 nitrogen and oxygen atoms in total. The van der Waals surface area contributed by atoms with Crippen LogP contribution in [0.25, 0.3) is 0 Å². The summed E-state index contributed by atoms with van der Waals surface area (Å²) in [4.78, 5) is 27.0. The van der Waals surface area contributed by atoms with Gasteiger partial charge >= 0.3 is 5.97 Å². The number of likely N-dealkylation sites (tertiary alicyclic amines) is 1. The largest absolute Gasteiger partial charge is 0.480 e. The number of nitrogens with zero attached hydrogens (tertiary/aromatic N) is 1. The van der Waals surface area contributed by atoms with Crippen molar-refractivity contribution in [3.05, 3.63) is 65.7 Å². The summed E-state index contributed by atoms with van der Waals surface area (Å²) >= 11 is 1.23. The number of thioether (sulfide) groups is 1. The second kappa shape index (κ2) is 9.09. The lowest BCUT2D eigenvalue weighted by Gasteiger charge is -2.22. The van der Waals surface area contributed by atoms with Gasteiger partial charge in [0.1, 0.15) is 5.25 Å². The normalized spacial score (nSPS) is 18.6. The Balaban J connectivity index is 1.72. The molecule has 2 unspecified atom stereocenters. The van der Waals surface area contributed by atoms with Crippen LogP contribution in [0.3, 0.4) is 0 Å². The third-order valence-corrected chi connectivity index (χ3v) is 6.22. The number of amides is 1. The Morgan fingerprint density at radius 1 is 1.04 bits per heavy atom. The van der Waals surface area contributed by atoms with Gasteiger partial charge in [0, 0.05) is 18.0 Å². The first kappa shape index (κ1) is 19.5. The lowest BCUT2D eigenvalue weighted by molar-refractivity contribution is -0.136. The molecule has 27 heavy (non-hydrogen) atoms. The Kier molecular flexibility index (Phi) is 6.56. The van der Waals surface area contributed by atoms with Crippen molar-refractivity contribution in [1.29, 1.82) is 0 Å². The minimum atomic E-state index is -0.872. The Bertz CT molecular complexity index is 793. The minimum Gasteiger partial charge on any atom is -0.480 e. The van der Waals surface area contributed by atoms with E-state index in [4.69, 9.17) is 0 Å². The Labute approximate surface area is 164 Å². The predicted octanol–water partition coefficient (Wildman–Crippen LogP) is 4.66. The van der Waals surface area contributed by atoms with Crippen molar-refractivity contribution in [1.82, 2.24) is 4.90 Å². The maximum absolute atomic E-state index is 13.1. The highest BCUT2D eigenvalue weighted by atomic mass is 32.2. The van der Waals surface area contributed by atoms with Crippen LogP contribution in [0.4, 0.5) is 0 Å². The molecule has 2 aromatic carbocycles. The first-order chi connectivity index (χ1) is 13.1. The quantitative estimate of drug-likeness (QED) is 0.763. The van der Waals surface area contributed by atoms with Crippen molar-refractivity contribution < 1.29 is 14.7 Å². The van der Waals surface area contributed by atoms with Crippen molar-refractivity contribution in [2.75, 3.05) is 13.1 Å². The molecule has 0 aromatic heterocycles. The van der Waals surface area contributed by atoms with Gasteiger partial charge in [0.05, 0.1) is 5.56 Å². The van der Waals surface area contributed by atoms with E-state index in [1.54, 1.807) is 13.0 Å². The summed E-state index contributed by atoms with van der Waals surface area (Å²) in [5.74, 6) is -0.382. The zero-order chi connectivity index (χ0) is 19.2. The van der Waals surface area contributed by atoms with E-state index < -0.39 is 11.2 Å². The van der Waals surface area contributed by atoms with E-state index in [9.17, 15) is 14.7 Å². The second-order valence-corrected chi connectivity index (χ2v) is 8.31. The summed E-state index contributed by atoms with van der Waals surface area (Å²) in [5, 5.41) is 8.59. The van der Waals surface area contributed by atoms with Gasteiger partial charge in [-0.05, 0) is 49.8 Å². The van der Waals surface area contributed by atoms with Crippen LogP contribution in [0, 0.1) is 0 Å². The van der Waals surface area contributed by atoms with E-state index in [1.165, 1.54) is 17.3 Å². The molecule has 1 fully saturated rings. The van der Waals surface area contributed by atoms with E-state index in [0.29, 0.717) is 11.5 Å². The van der Waals surface area contributed by atoms with Crippen molar-refractivity contribution in [3.63, 3.8) is 0 Å². The highest BCUT2D eigenvalue weighted by molar-refractivity contribution is 8.00. The number of carbonyl (C=O) groups excluding carboxylic acids is 1. The number of benzene rings is 2. The molecule has 1 heterocycles. The highest BCUT2D eigenvalue weighted by Gasteiger charge is 2.25. The van der Waals surface area contributed by atoms with E-state index in [2.05, 4.69) is 24.3 Å². The summed E-state index contributed by atoms with van der Waals surface area (Å²) in [7, 11) is 0. The SMILES string of the molecule is CC(Sc1ccccc1C(=O)N1CCCC(c2ccccc2)CC1)C(=O)O. The fraction of sp³-hybridized carbons (Fsp3) is 0.364. The van der Waals surface area contributed by atoms with Crippen molar-refractivity contribution in [2.24, 2.45) is 0 Å². The van der Waals surface area contributed by atoms with Crippen molar-refractivity contribution in [3.8, 4) is 0 Å². The molecule has 3 rings (SSSR count). The van der Waals surface area contributed by atoms with E-state index in [-0.39, 0.29) is 5.91 Å². The van der Waals surface area contributed by atoms with Crippen LogP contribution in [-0.2, 0) is 4.79 Å². The van der Waals surface area contributed by atoms with Gasteiger partial charge in [-0.15, -0.1) is 11.8 Å². The fourth-order valence-corrected chi connectivity index (χ4v) is 4.44. The molecule has 5 heteroatoms. The molecular formula is C22H25NO3S. The molecule has 1 saturated heterocycles. The zero-order valence-corrected chi connectivity index (χ0v) is 16.3. The molecule has 1 aliphatic heterocycles. The number of carboxylic acids is 1. The lowest BCUT2D eigenvalue weighted by Crippen LogP contribution is -2.32. The van der Waals surface area contributed by atoms with E-state index in [1.807, 2.05) is 29.2 Å². The average Bonchev–Trinajstić information content (AvgIpc) is 2.95. The summed E-state index contributed by atoms with van der Waals surface area (Å²) in [6.07, 6.45) is 3.02. The molecule has 1 aliphatic rings. The highest BCUT2D eigenvalue weighted by Crippen LogP contribution is 2.31. The summed E-state index contributed by atoms with van der Waals surface area (Å²) in [5.41, 5.74) is 1.95. The number of carbonyl (C=O) groups is 2. The first-order valence-corrected chi connectivity index (χ1v) is 10.3. The molecule has 2 atom stereocenters. The van der Waals surface area contributed by atoms with Crippen LogP contribution in [0.5, 0.6) is 0 Å². The number of aliphatic carboxylic acids is 1. The molecule has 0 aliphatic carbocycles. The third-order valence-electron chi connectivity index (χ3n) is 5.06. The van der Waals surface area contributed by atoms with Gasteiger partial charge in [-0.3, -0.25) is 9.59 Å². The van der Waals surface area contributed by atoms with Crippen LogP contribution < -0.4 is 0 Å².